The number of nitrogens with one attached hydrogen (secondary N) is 1. The van der Waals surface area contributed by atoms with Gasteiger partial charge in [-0.05, 0) is 17.5 Å². The molecule has 0 unspecified atom stereocenters. The number of benzene rings is 2. The quantitative estimate of drug-likeness (QED) is 0.516. The third-order valence-electron chi connectivity index (χ3n) is 2.61. The summed E-state index contributed by atoms with van der Waals surface area (Å²) in [5.41, 5.74) is 7.89. The SMILES string of the molecule is Nc1cc2[nH]ccc2c2ccccc12. The summed E-state index contributed by atoms with van der Waals surface area (Å²) in [6, 6.07) is 12.3. The molecule has 0 aliphatic rings. The zero-order valence-corrected chi connectivity index (χ0v) is 7.62. The van der Waals surface area contributed by atoms with Gasteiger partial charge in [0.1, 0.15) is 0 Å². The number of nitrogens with two attached hydrogens (primary N) is 1. The highest BCUT2D eigenvalue weighted by Crippen LogP contribution is 2.29. The molecule has 0 amide bonds. The lowest BCUT2D eigenvalue weighted by Crippen LogP contribution is -1.86. The molecule has 0 aliphatic carbocycles. The third-order valence-corrected chi connectivity index (χ3v) is 2.61. The van der Waals surface area contributed by atoms with Crippen LogP contribution in [-0.2, 0) is 0 Å². The van der Waals surface area contributed by atoms with Gasteiger partial charge in [0.25, 0.3) is 0 Å². The number of H-pyrrole nitrogens is 1. The highest BCUT2D eigenvalue weighted by atomic mass is 14.7. The van der Waals surface area contributed by atoms with Crippen molar-refractivity contribution >= 4 is 27.4 Å². The minimum absolute atomic E-state index is 0.829. The van der Waals surface area contributed by atoms with E-state index in [9.17, 15) is 0 Å². The van der Waals surface area contributed by atoms with Crippen LogP contribution in [0.5, 0.6) is 0 Å². The minimum Gasteiger partial charge on any atom is -0.398 e. The fourth-order valence-corrected chi connectivity index (χ4v) is 1.94. The number of rotatable bonds is 0. The van der Waals surface area contributed by atoms with E-state index in [-0.39, 0.29) is 0 Å². The fourth-order valence-electron chi connectivity index (χ4n) is 1.94. The second kappa shape index (κ2) is 2.51. The van der Waals surface area contributed by atoms with Crippen LogP contribution in [0.25, 0.3) is 21.7 Å². The van der Waals surface area contributed by atoms with Gasteiger partial charge in [-0.25, -0.2) is 0 Å². The molecule has 68 valence electrons. The molecule has 0 aliphatic heterocycles. The highest BCUT2D eigenvalue weighted by molar-refractivity contribution is 6.11. The second-order valence-electron chi connectivity index (χ2n) is 3.45. The summed E-state index contributed by atoms with van der Waals surface area (Å²) < 4.78 is 0. The predicted molar refractivity (Wildman–Crippen MR) is 60.2 cm³/mol. The molecular formula is C12H10N2. The van der Waals surface area contributed by atoms with Crippen molar-refractivity contribution in [1.82, 2.24) is 4.98 Å². The summed E-state index contributed by atoms with van der Waals surface area (Å²) in [6.45, 7) is 0. The molecule has 3 aromatic rings. The Hall–Kier alpha value is -1.96. The molecule has 3 rings (SSSR count). The number of anilines is 1. The number of nitrogen functional groups attached to an aromatic ring is 1. The topological polar surface area (TPSA) is 41.8 Å². The largest absolute Gasteiger partial charge is 0.398 e. The lowest BCUT2D eigenvalue weighted by Gasteiger charge is -2.02. The van der Waals surface area contributed by atoms with Gasteiger partial charge in [0, 0.05) is 28.2 Å². The van der Waals surface area contributed by atoms with Gasteiger partial charge in [-0.1, -0.05) is 24.3 Å². The van der Waals surface area contributed by atoms with Crippen LogP contribution >= 0.6 is 0 Å². The first kappa shape index (κ1) is 7.44. The van der Waals surface area contributed by atoms with E-state index in [1.165, 1.54) is 10.8 Å². The minimum atomic E-state index is 0.829. The van der Waals surface area contributed by atoms with Gasteiger partial charge in [0.2, 0.25) is 0 Å². The van der Waals surface area contributed by atoms with Crippen molar-refractivity contribution in [3.8, 4) is 0 Å². The van der Waals surface area contributed by atoms with Gasteiger partial charge in [0.05, 0.1) is 0 Å². The Morgan fingerprint density at radius 2 is 1.71 bits per heavy atom. The summed E-state index contributed by atoms with van der Waals surface area (Å²) in [5.74, 6) is 0. The van der Waals surface area contributed by atoms with E-state index in [0.717, 1.165) is 16.6 Å². The van der Waals surface area contributed by atoms with E-state index in [1.807, 2.05) is 24.4 Å². The van der Waals surface area contributed by atoms with E-state index < -0.39 is 0 Å². The molecular weight excluding hydrogens is 172 g/mol. The van der Waals surface area contributed by atoms with Crippen LogP contribution in [0.2, 0.25) is 0 Å². The average Bonchev–Trinajstić information content (AvgIpc) is 2.66. The number of hydrogen-bond donors (Lipinski definition) is 2. The maximum Gasteiger partial charge on any atom is 0.0481 e. The normalized spacial score (nSPS) is 11.1. The Kier molecular flexibility index (Phi) is 1.34. The average molecular weight is 182 g/mol. The van der Waals surface area contributed by atoms with Crippen molar-refractivity contribution in [2.24, 2.45) is 0 Å². The molecule has 0 atom stereocenters. The smallest absolute Gasteiger partial charge is 0.0481 e. The molecule has 1 heterocycles. The Bertz CT molecular complexity index is 608. The predicted octanol–water partition coefficient (Wildman–Crippen LogP) is 2.90. The van der Waals surface area contributed by atoms with Gasteiger partial charge >= 0.3 is 0 Å². The Labute approximate surface area is 81.3 Å². The molecule has 2 nitrogen and oxygen atoms in total. The molecule has 0 fully saturated rings. The molecule has 0 saturated heterocycles. The summed E-state index contributed by atoms with van der Waals surface area (Å²) in [4.78, 5) is 3.17. The van der Waals surface area contributed by atoms with Gasteiger partial charge in [-0.2, -0.15) is 0 Å². The standard InChI is InChI=1S/C12H10N2/c13-11-7-12-10(5-6-14-12)8-3-1-2-4-9(8)11/h1-7,14H,13H2. The molecule has 2 aromatic carbocycles. The van der Waals surface area contributed by atoms with Crippen molar-refractivity contribution in [3.05, 3.63) is 42.6 Å². The summed E-state index contributed by atoms with van der Waals surface area (Å²) in [6.07, 6.45) is 1.94. The molecule has 0 radical (unpaired) electrons. The lowest BCUT2D eigenvalue weighted by molar-refractivity contribution is 1.48. The van der Waals surface area contributed by atoms with Crippen LogP contribution < -0.4 is 5.73 Å². The highest BCUT2D eigenvalue weighted by Gasteiger charge is 2.03. The molecule has 14 heavy (non-hydrogen) atoms. The summed E-state index contributed by atoms with van der Waals surface area (Å²) in [7, 11) is 0. The van der Waals surface area contributed by atoms with Crippen molar-refractivity contribution in [2.45, 2.75) is 0 Å². The second-order valence-corrected chi connectivity index (χ2v) is 3.45. The van der Waals surface area contributed by atoms with E-state index >= 15 is 0 Å². The van der Waals surface area contributed by atoms with Gasteiger partial charge in [0.15, 0.2) is 0 Å². The van der Waals surface area contributed by atoms with Crippen molar-refractivity contribution in [3.63, 3.8) is 0 Å². The first-order valence-electron chi connectivity index (χ1n) is 4.60. The van der Waals surface area contributed by atoms with Crippen molar-refractivity contribution in [2.75, 3.05) is 5.73 Å². The first-order chi connectivity index (χ1) is 6.86. The summed E-state index contributed by atoms with van der Waals surface area (Å²) in [5, 5.41) is 3.57. The number of fused-ring (bicyclic) bond motifs is 3. The molecule has 0 spiro atoms. The number of aromatic nitrogens is 1. The van der Waals surface area contributed by atoms with E-state index in [1.54, 1.807) is 0 Å². The summed E-state index contributed by atoms with van der Waals surface area (Å²) >= 11 is 0. The number of hydrogen-bond acceptors (Lipinski definition) is 1. The van der Waals surface area contributed by atoms with Crippen LogP contribution in [0.3, 0.4) is 0 Å². The Morgan fingerprint density at radius 1 is 0.929 bits per heavy atom. The zero-order valence-electron chi connectivity index (χ0n) is 7.62. The molecule has 0 bridgehead atoms. The van der Waals surface area contributed by atoms with Gasteiger partial charge < -0.3 is 10.7 Å². The molecule has 1 aromatic heterocycles. The van der Waals surface area contributed by atoms with Crippen LogP contribution in [0.4, 0.5) is 5.69 Å². The van der Waals surface area contributed by atoms with Crippen LogP contribution in [-0.4, -0.2) is 4.98 Å². The van der Waals surface area contributed by atoms with Gasteiger partial charge in [-0.15, -0.1) is 0 Å². The van der Waals surface area contributed by atoms with Crippen LogP contribution in [0, 0.1) is 0 Å². The maximum atomic E-state index is 5.96. The first-order valence-corrected chi connectivity index (χ1v) is 4.60. The molecule has 2 heteroatoms. The Balaban J connectivity index is 2.67. The zero-order chi connectivity index (χ0) is 9.54. The number of aromatic amines is 1. The maximum absolute atomic E-state index is 5.96. The lowest BCUT2D eigenvalue weighted by atomic mass is 10.1. The van der Waals surface area contributed by atoms with Crippen LogP contribution in [0.15, 0.2) is 42.6 Å². The van der Waals surface area contributed by atoms with Crippen molar-refractivity contribution < 1.29 is 0 Å². The van der Waals surface area contributed by atoms with Crippen LogP contribution in [0.1, 0.15) is 0 Å². The third kappa shape index (κ3) is 0.852. The molecule has 0 saturated carbocycles. The molecule has 3 N–H and O–H groups in total. The monoisotopic (exact) mass is 182 g/mol. The van der Waals surface area contributed by atoms with E-state index in [4.69, 9.17) is 5.73 Å². The van der Waals surface area contributed by atoms with Gasteiger partial charge in [-0.3, -0.25) is 0 Å². The van der Waals surface area contributed by atoms with E-state index in [0.29, 0.717) is 0 Å². The van der Waals surface area contributed by atoms with E-state index in [2.05, 4.69) is 23.2 Å². The van der Waals surface area contributed by atoms with Crippen molar-refractivity contribution in [1.29, 1.82) is 0 Å². The Morgan fingerprint density at radius 3 is 2.57 bits per heavy atom. The fraction of sp³-hybridized carbons (Fsp3) is 0.